The molecule has 4 heteroatoms. The highest BCUT2D eigenvalue weighted by Gasteiger charge is 2.04. The number of hydrogen-bond acceptors (Lipinski definition) is 4. The first-order valence-corrected chi connectivity index (χ1v) is 5.64. The molecule has 1 aromatic heterocycles. The second-order valence-corrected chi connectivity index (χ2v) is 4.29. The van der Waals surface area contributed by atoms with E-state index in [0.29, 0.717) is 0 Å². The molecule has 14 heavy (non-hydrogen) atoms. The van der Waals surface area contributed by atoms with Crippen LogP contribution in [0.4, 0.5) is 0 Å². The van der Waals surface area contributed by atoms with Gasteiger partial charge in [-0.15, -0.1) is 11.3 Å². The predicted octanol–water partition coefficient (Wildman–Crippen LogP) is 0.542. The van der Waals surface area contributed by atoms with Crippen molar-refractivity contribution in [1.29, 1.82) is 0 Å². The molecule has 1 heterocycles. The summed E-state index contributed by atoms with van der Waals surface area (Å²) in [5.41, 5.74) is 1.32. The van der Waals surface area contributed by atoms with E-state index in [9.17, 15) is 0 Å². The zero-order valence-electron chi connectivity index (χ0n) is 8.36. The van der Waals surface area contributed by atoms with Crippen LogP contribution in [0, 0.1) is 6.92 Å². The first-order chi connectivity index (χ1) is 6.77. The Bertz CT molecular complexity index is 258. The van der Waals surface area contributed by atoms with E-state index in [4.69, 9.17) is 10.2 Å². The van der Waals surface area contributed by atoms with E-state index >= 15 is 0 Å². The van der Waals surface area contributed by atoms with Crippen molar-refractivity contribution in [2.24, 2.45) is 0 Å². The summed E-state index contributed by atoms with van der Waals surface area (Å²) in [6.45, 7) is 2.87. The molecule has 0 unspecified atom stereocenters. The molecule has 1 aromatic rings. The molecule has 0 atom stereocenters. The Morgan fingerprint density at radius 1 is 1.43 bits per heavy atom. The zero-order chi connectivity index (χ0) is 10.4. The Kier molecular flexibility index (Phi) is 5.11. The average Bonchev–Trinajstić information content (AvgIpc) is 2.59. The second-order valence-electron chi connectivity index (χ2n) is 3.29. The van der Waals surface area contributed by atoms with Gasteiger partial charge >= 0.3 is 0 Å². The van der Waals surface area contributed by atoms with Crippen molar-refractivity contribution in [2.45, 2.75) is 19.4 Å². The number of aryl methyl sites for hydroxylation is 1. The summed E-state index contributed by atoms with van der Waals surface area (Å²) in [4.78, 5) is 1.37. The first-order valence-electron chi connectivity index (χ1n) is 4.76. The van der Waals surface area contributed by atoms with E-state index in [1.807, 2.05) is 0 Å². The van der Waals surface area contributed by atoms with Gasteiger partial charge in [-0.05, 0) is 30.4 Å². The molecule has 0 saturated heterocycles. The SMILES string of the molecule is Cc1ccsc1CCNC(CO)CO. The van der Waals surface area contributed by atoms with Gasteiger partial charge in [-0.2, -0.15) is 0 Å². The molecule has 0 amide bonds. The maximum absolute atomic E-state index is 8.82. The maximum Gasteiger partial charge on any atom is 0.0607 e. The minimum atomic E-state index is -0.185. The molecule has 0 bridgehead atoms. The van der Waals surface area contributed by atoms with Crippen LogP contribution in [-0.4, -0.2) is 36.0 Å². The minimum absolute atomic E-state index is 0.0140. The quantitative estimate of drug-likeness (QED) is 0.649. The van der Waals surface area contributed by atoms with E-state index in [0.717, 1.165) is 13.0 Å². The van der Waals surface area contributed by atoms with Crippen molar-refractivity contribution in [3.63, 3.8) is 0 Å². The van der Waals surface area contributed by atoms with Crippen LogP contribution in [0.15, 0.2) is 11.4 Å². The minimum Gasteiger partial charge on any atom is -0.395 e. The van der Waals surface area contributed by atoms with Crippen LogP contribution in [0.2, 0.25) is 0 Å². The van der Waals surface area contributed by atoms with Gasteiger partial charge in [0.1, 0.15) is 0 Å². The van der Waals surface area contributed by atoms with E-state index in [-0.39, 0.29) is 19.3 Å². The number of nitrogens with one attached hydrogen (secondary N) is 1. The second kappa shape index (κ2) is 6.14. The molecule has 3 N–H and O–H groups in total. The van der Waals surface area contributed by atoms with E-state index in [1.54, 1.807) is 11.3 Å². The van der Waals surface area contributed by atoms with Crippen molar-refractivity contribution < 1.29 is 10.2 Å². The molecule has 0 saturated carbocycles. The van der Waals surface area contributed by atoms with Crippen molar-refractivity contribution in [3.8, 4) is 0 Å². The van der Waals surface area contributed by atoms with Gasteiger partial charge in [0.05, 0.1) is 19.3 Å². The Balaban J connectivity index is 2.24. The Morgan fingerprint density at radius 2 is 2.14 bits per heavy atom. The molecular weight excluding hydrogens is 198 g/mol. The molecule has 0 aromatic carbocycles. The summed E-state index contributed by atoms with van der Waals surface area (Å²) in [7, 11) is 0. The van der Waals surface area contributed by atoms with E-state index in [2.05, 4.69) is 23.7 Å². The van der Waals surface area contributed by atoms with Crippen LogP contribution < -0.4 is 5.32 Å². The van der Waals surface area contributed by atoms with Crippen molar-refractivity contribution >= 4 is 11.3 Å². The fourth-order valence-corrected chi connectivity index (χ4v) is 2.15. The van der Waals surface area contributed by atoms with Crippen LogP contribution in [-0.2, 0) is 6.42 Å². The van der Waals surface area contributed by atoms with Gasteiger partial charge in [-0.25, -0.2) is 0 Å². The number of thiophene rings is 1. The lowest BCUT2D eigenvalue weighted by molar-refractivity contribution is 0.172. The average molecular weight is 215 g/mol. The third-order valence-corrected chi connectivity index (χ3v) is 3.28. The molecule has 0 fully saturated rings. The van der Waals surface area contributed by atoms with Gasteiger partial charge < -0.3 is 15.5 Å². The van der Waals surface area contributed by atoms with E-state index < -0.39 is 0 Å². The van der Waals surface area contributed by atoms with Gasteiger partial charge in [-0.3, -0.25) is 0 Å². The molecule has 80 valence electrons. The molecular formula is C10H17NO2S. The summed E-state index contributed by atoms with van der Waals surface area (Å²) in [5.74, 6) is 0. The van der Waals surface area contributed by atoms with Crippen molar-refractivity contribution in [2.75, 3.05) is 19.8 Å². The maximum atomic E-state index is 8.82. The van der Waals surface area contributed by atoms with Crippen LogP contribution in [0.3, 0.4) is 0 Å². The normalized spacial score (nSPS) is 11.1. The molecule has 1 rings (SSSR count). The van der Waals surface area contributed by atoms with Crippen molar-refractivity contribution in [3.05, 3.63) is 21.9 Å². The zero-order valence-corrected chi connectivity index (χ0v) is 9.18. The molecule has 0 aliphatic carbocycles. The molecule has 0 radical (unpaired) electrons. The van der Waals surface area contributed by atoms with Gasteiger partial charge in [0.2, 0.25) is 0 Å². The highest BCUT2D eigenvalue weighted by Crippen LogP contribution is 2.15. The third kappa shape index (κ3) is 3.38. The Labute approximate surface area is 88.4 Å². The number of aliphatic hydroxyl groups excluding tert-OH is 2. The number of rotatable bonds is 6. The third-order valence-electron chi connectivity index (χ3n) is 2.19. The molecule has 0 aliphatic heterocycles. The Morgan fingerprint density at radius 3 is 2.64 bits per heavy atom. The van der Waals surface area contributed by atoms with Crippen LogP contribution >= 0.6 is 11.3 Å². The highest BCUT2D eigenvalue weighted by atomic mass is 32.1. The first kappa shape index (κ1) is 11.7. The summed E-state index contributed by atoms with van der Waals surface area (Å²) in [6.07, 6.45) is 0.958. The van der Waals surface area contributed by atoms with Gasteiger partial charge in [0.25, 0.3) is 0 Å². The fraction of sp³-hybridized carbons (Fsp3) is 0.600. The van der Waals surface area contributed by atoms with Crippen LogP contribution in [0.5, 0.6) is 0 Å². The summed E-state index contributed by atoms with van der Waals surface area (Å²) in [6, 6.07) is 1.92. The van der Waals surface area contributed by atoms with Crippen LogP contribution in [0.1, 0.15) is 10.4 Å². The van der Waals surface area contributed by atoms with Gasteiger partial charge in [-0.1, -0.05) is 0 Å². The monoisotopic (exact) mass is 215 g/mol. The smallest absolute Gasteiger partial charge is 0.0607 e. The summed E-state index contributed by atoms with van der Waals surface area (Å²) in [5, 5.41) is 22.8. The van der Waals surface area contributed by atoms with E-state index in [1.165, 1.54) is 10.4 Å². The topological polar surface area (TPSA) is 52.5 Å². The lowest BCUT2D eigenvalue weighted by Crippen LogP contribution is -2.36. The number of aliphatic hydroxyl groups is 2. The standard InChI is InChI=1S/C10H17NO2S/c1-8-3-5-14-10(8)2-4-11-9(6-12)7-13/h3,5,9,11-13H,2,4,6-7H2,1H3. The number of hydrogen-bond donors (Lipinski definition) is 3. The largest absolute Gasteiger partial charge is 0.395 e. The van der Waals surface area contributed by atoms with Crippen LogP contribution in [0.25, 0.3) is 0 Å². The fourth-order valence-electron chi connectivity index (χ4n) is 1.24. The summed E-state index contributed by atoms with van der Waals surface area (Å²) >= 11 is 1.75. The lowest BCUT2D eigenvalue weighted by atomic mass is 10.2. The highest BCUT2D eigenvalue weighted by molar-refractivity contribution is 7.10. The lowest BCUT2D eigenvalue weighted by Gasteiger charge is -2.12. The molecule has 3 nitrogen and oxygen atoms in total. The Hall–Kier alpha value is -0.420. The van der Waals surface area contributed by atoms with Gasteiger partial charge in [0.15, 0.2) is 0 Å². The molecule has 0 aliphatic rings. The van der Waals surface area contributed by atoms with Crippen molar-refractivity contribution in [1.82, 2.24) is 5.32 Å². The molecule has 0 spiro atoms. The summed E-state index contributed by atoms with van der Waals surface area (Å²) < 4.78 is 0. The predicted molar refractivity (Wildman–Crippen MR) is 58.7 cm³/mol. The van der Waals surface area contributed by atoms with Gasteiger partial charge in [0, 0.05) is 11.4 Å².